The van der Waals surface area contributed by atoms with Crippen LogP contribution in [-0.2, 0) is 22.4 Å². The number of rotatable bonds is 7. The van der Waals surface area contributed by atoms with Crippen molar-refractivity contribution >= 4 is 11.9 Å². The van der Waals surface area contributed by atoms with Crippen LogP contribution in [0.2, 0.25) is 0 Å². The van der Waals surface area contributed by atoms with Crippen molar-refractivity contribution in [2.75, 3.05) is 6.61 Å². The molecule has 1 aromatic rings. The minimum Gasteiger partial charge on any atom is -0.484 e. The standard InChI is InChI=1S/C16H19NO4/c1-2-4-14(16(19)20)17-15(18)10-21-13-8-7-11-5-3-6-12(11)9-13/h2,7-9,14H,1,3-6,10H2,(H,17,18)(H,19,20). The number of carboxylic acids is 1. The molecule has 0 radical (unpaired) electrons. The quantitative estimate of drug-likeness (QED) is 0.749. The third-order valence-corrected chi connectivity index (χ3v) is 3.48. The maximum absolute atomic E-state index is 11.7. The van der Waals surface area contributed by atoms with Crippen LogP contribution < -0.4 is 10.1 Å². The van der Waals surface area contributed by atoms with Crippen LogP contribution in [0.1, 0.15) is 24.0 Å². The number of aliphatic carboxylic acids is 1. The molecule has 0 saturated carbocycles. The van der Waals surface area contributed by atoms with Gasteiger partial charge in [0.1, 0.15) is 11.8 Å². The Morgan fingerprint density at radius 2 is 2.14 bits per heavy atom. The molecule has 1 unspecified atom stereocenters. The summed E-state index contributed by atoms with van der Waals surface area (Å²) in [6.07, 6.45) is 4.93. The molecule has 1 aromatic carbocycles. The summed E-state index contributed by atoms with van der Waals surface area (Å²) >= 11 is 0. The normalized spacial score (nSPS) is 14.1. The highest BCUT2D eigenvalue weighted by Crippen LogP contribution is 2.25. The average molecular weight is 289 g/mol. The number of hydrogen-bond acceptors (Lipinski definition) is 3. The molecule has 1 aliphatic rings. The summed E-state index contributed by atoms with van der Waals surface area (Å²) in [5, 5.41) is 11.3. The van der Waals surface area contributed by atoms with Gasteiger partial charge in [-0.15, -0.1) is 6.58 Å². The van der Waals surface area contributed by atoms with Crippen molar-refractivity contribution in [1.82, 2.24) is 5.32 Å². The number of amides is 1. The third-order valence-electron chi connectivity index (χ3n) is 3.48. The molecule has 0 aliphatic heterocycles. The van der Waals surface area contributed by atoms with Gasteiger partial charge in [0.15, 0.2) is 6.61 Å². The molecule has 0 heterocycles. The first kappa shape index (κ1) is 15.1. The molecule has 0 spiro atoms. The maximum Gasteiger partial charge on any atom is 0.326 e. The van der Waals surface area contributed by atoms with Crippen LogP contribution in [0.4, 0.5) is 0 Å². The number of fused-ring (bicyclic) bond motifs is 1. The highest BCUT2D eigenvalue weighted by molar-refractivity contribution is 5.84. The fourth-order valence-electron chi connectivity index (χ4n) is 2.41. The second-order valence-electron chi connectivity index (χ2n) is 5.06. The highest BCUT2D eigenvalue weighted by atomic mass is 16.5. The molecule has 5 heteroatoms. The molecule has 1 aliphatic carbocycles. The van der Waals surface area contributed by atoms with Crippen molar-refractivity contribution in [3.8, 4) is 5.75 Å². The fraction of sp³-hybridized carbons (Fsp3) is 0.375. The number of nitrogens with one attached hydrogen (secondary N) is 1. The molecule has 0 bridgehead atoms. The van der Waals surface area contributed by atoms with E-state index >= 15 is 0 Å². The highest BCUT2D eigenvalue weighted by Gasteiger charge is 2.18. The zero-order valence-corrected chi connectivity index (χ0v) is 11.8. The van der Waals surface area contributed by atoms with Gasteiger partial charge < -0.3 is 15.2 Å². The van der Waals surface area contributed by atoms with Gasteiger partial charge in [-0.2, -0.15) is 0 Å². The lowest BCUT2D eigenvalue weighted by Crippen LogP contribution is -2.42. The Balaban J connectivity index is 1.86. The Kier molecular flexibility index (Phi) is 4.98. The topological polar surface area (TPSA) is 75.6 Å². The maximum atomic E-state index is 11.7. The van der Waals surface area contributed by atoms with Crippen molar-refractivity contribution in [2.45, 2.75) is 31.7 Å². The van der Waals surface area contributed by atoms with E-state index in [2.05, 4.69) is 11.9 Å². The first-order chi connectivity index (χ1) is 10.1. The van der Waals surface area contributed by atoms with Crippen molar-refractivity contribution in [1.29, 1.82) is 0 Å². The number of carbonyl (C=O) groups excluding carboxylic acids is 1. The number of aryl methyl sites for hydroxylation is 2. The van der Waals surface area contributed by atoms with Crippen molar-refractivity contribution in [3.63, 3.8) is 0 Å². The van der Waals surface area contributed by atoms with Crippen LogP contribution in [-0.4, -0.2) is 29.6 Å². The zero-order chi connectivity index (χ0) is 15.2. The second kappa shape index (κ2) is 6.92. The summed E-state index contributed by atoms with van der Waals surface area (Å²) in [6, 6.07) is 4.86. The Labute approximate surface area is 123 Å². The Morgan fingerprint density at radius 1 is 1.38 bits per heavy atom. The van der Waals surface area contributed by atoms with Gasteiger partial charge in [0.25, 0.3) is 5.91 Å². The van der Waals surface area contributed by atoms with Crippen LogP contribution in [0, 0.1) is 0 Å². The van der Waals surface area contributed by atoms with E-state index in [0.717, 1.165) is 19.3 Å². The van der Waals surface area contributed by atoms with Gasteiger partial charge in [-0.25, -0.2) is 4.79 Å². The van der Waals surface area contributed by atoms with Gasteiger partial charge in [-0.05, 0) is 48.9 Å². The number of carboxylic acid groups (broad SMARTS) is 1. The molecule has 1 atom stereocenters. The number of hydrogen-bond donors (Lipinski definition) is 2. The second-order valence-corrected chi connectivity index (χ2v) is 5.06. The molecule has 0 saturated heterocycles. The van der Waals surface area contributed by atoms with E-state index in [1.807, 2.05) is 18.2 Å². The van der Waals surface area contributed by atoms with Crippen LogP contribution >= 0.6 is 0 Å². The summed E-state index contributed by atoms with van der Waals surface area (Å²) in [7, 11) is 0. The average Bonchev–Trinajstić information content (AvgIpc) is 2.92. The van der Waals surface area contributed by atoms with Gasteiger partial charge >= 0.3 is 5.97 Å². The molecule has 5 nitrogen and oxygen atoms in total. The van der Waals surface area contributed by atoms with E-state index in [9.17, 15) is 9.59 Å². The Hall–Kier alpha value is -2.30. The predicted molar refractivity (Wildman–Crippen MR) is 78.3 cm³/mol. The van der Waals surface area contributed by atoms with Gasteiger partial charge in [-0.3, -0.25) is 4.79 Å². The molecule has 0 aromatic heterocycles. The van der Waals surface area contributed by atoms with E-state index in [-0.39, 0.29) is 13.0 Å². The molecule has 0 fully saturated rings. The molecule has 2 rings (SSSR count). The molecule has 1 amide bonds. The molecule has 112 valence electrons. The van der Waals surface area contributed by atoms with Crippen molar-refractivity contribution in [3.05, 3.63) is 42.0 Å². The smallest absolute Gasteiger partial charge is 0.326 e. The summed E-state index contributed by atoms with van der Waals surface area (Å²) < 4.78 is 5.42. The summed E-state index contributed by atoms with van der Waals surface area (Å²) in [6.45, 7) is 3.28. The van der Waals surface area contributed by atoms with Gasteiger partial charge in [0.05, 0.1) is 0 Å². The van der Waals surface area contributed by atoms with E-state index in [1.54, 1.807) is 0 Å². The van der Waals surface area contributed by atoms with E-state index < -0.39 is 17.9 Å². The summed E-state index contributed by atoms with van der Waals surface area (Å²) in [5.41, 5.74) is 2.60. The first-order valence-corrected chi connectivity index (χ1v) is 6.98. The minimum absolute atomic E-state index is 0.180. The van der Waals surface area contributed by atoms with Gasteiger partial charge in [0.2, 0.25) is 0 Å². The fourth-order valence-corrected chi connectivity index (χ4v) is 2.41. The van der Waals surface area contributed by atoms with Crippen LogP contribution in [0.25, 0.3) is 0 Å². The van der Waals surface area contributed by atoms with Crippen molar-refractivity contribution in [2.24, 2.45) is 0 Å². The van der Waals surface area contributed by atoms with Gasteiger partial charge in [0, 0.05) is 0 Å². The van der Waals surface area contributed by atoms with Crippen LogP contribution in [0.5, 0.6) is 5.75 Å². The summed E-state index contributed by atoms with van der Waals surface area (Å²) in [5.74, 6) is -0.896. The predicted octanol–water partition coefficient (Wildman–Crippen LogP) is 1.70. The van der Waals surface area contributed by atoms with E-state index in [0.29, 0.717) is 5.75 Å². The third kappa shape index (κ3) is 4.08. The lowest BCUT2D eigenvalue weighted by Gasteiger charge is -2.13. The van der Waals surface area contributed by atoms with Crippen LogP contribution in [0.15, 0.2) is 30.9 Å². The molecule has 21 heavy (non-hydrogen) atoms. The lowest BCUT2D eigenvalue weighted by molar-refractivity contribution is -0.142. The Morgan fingerprint density at radius 3 is 2.86 bits per heavy atom. The van der Waals surface area contributed by atoms with Crippen LogP contribution in [0.3, 0.4) is 0 Å². The number of ether oxygens (including phenoxy) is 1. The SMILES string of the molecule is C=CCC(NC(=O)COc1ccc2c(c1)CCC2)C(=O)O. The molecule has 2 N–H and O–H groups in total. The minimum atomic E-state index is -1.08. The van der Waals surface area contributed by atoms with Crippen molar-refractivity contribution < 1.29 is 19.4 Å². The number of carbonyl (C=O) groups is 2. The molecular weight excluding hydrogens is 270 g/mol. The van der Waals surface area contributed by atoms with E-state index in [1.165, 1.54) is 17.2 Å². The monoisotopic (exact) mass is 289 g/mol. The molecular formula is C16H19NO4. The first-order valence-electron chi connectivity index (χ1n) is 6.98. The Bertz CT molecular complexity index is 553. The van der Waals surface area contributed by atoms with E-state index in [4.69, 9.17) is 9.84 Å². The summed E-state index contributed by atoms with van der Waals surface area (Å²) in [4.78, 5) is 22.6. The zero-order valence-electron chi connectivity index (χ0n) is 11.8. The van der Waals surface area contributed by atoms with Gasteiger partial charge in [-0.1, -0.05) is 12.1 Å². The number of benzene rings is 1. The largest absolute Gasteiger partial charge is 0.484 e. The lowest BCUT2D eigenvalue weighted by atomic mass is 10.1.